The second-order valence-corrected chi connectivity index (χ2v) is 4.49. The van der Waals surface area contributed by atoms with E-state index in [1.165, 1.54) is 12.3 Å². The molecule has 0 unspecified atom stereocenters. The molecule has 3 rings (SSSR count). The second-order valence-electron chi connectivity index (χ2n) is 4.49. The number of nitrogens with one attached hydrogen (secondary N) is 1. The summed E-state index contributed by atoms with van der Waals surface area (Å²) in [7, 11) is 0. The molecular formula is C14H11N3O4. The Morgan fingerprint density at radius 2 is 1.76 bits per heavy atom. The van der Waals surface area contributed by atoms with Crippen LogP contribution in [0.15, 0.2) is 41.0 Å². The second kappa shape index (κ2) is 4.88. The third-order valence-electron chi connectivity index (χ3n) is 3.29. The van der Waals surface area contributed by atoms with E-state index < -0.39 is 17.7 Å². The van der Waals surface area contributed by atoms with Gasteiger partial charge in [0.15, 0.2) is 5.76 Å². The molecule has 3 amide bonds. The summed E-state index contributed by atoms with van der Waals surface area (Å²) in [6.07, 6.45) is 1.30. The number of carbonyl (C=O) groups excluding carboxylic acids is 3. The molecule has 2 aromatic rings. The van der Waals surface area contributed by atoms with E-state index in [2.05, 4.69) is 0 Å². The zero-order chi connectivity index (χ0) is 15.0. The first-order valence-corrected chi connectivity index (χ1v) is 6.16. The number of furan rings is 1. The fraction of sp³-hybridized carbons (Fsp3) is 0.0714. The van der Waals surface area contributed by atoms with Crippen molar-refractivity contribution in [1.29, 1.82) is 0 Å². The molecule has 3 N–H and O–H groups in total. The average molecular weight is 285 g/mol. The molecule has 7 nitrogen and oxygen atoms in total. The Morgan fingerprint density at radius 3 is 2.33 bits per heavy atom. The van der Waals surface area contributed by atoms with E-state index in [4.69, 9.17) is 10.3 Å². The van der Waals surface area contributed by atoms with Gasteiger partial charge in [-0.15, -0.1) is 0 Å². The molecular weight excluding hydrogens is 274 g/mol. The van der Waals surface area contributed by atoms with Crippen molar-refractivity contribution in [2.75, 3.05) is 0 Å². The van der Waals surface area contributed by atoms with Gasteiger partial charge in [-0.1, -0.05) is 12.1 Å². The first-order chi connectivity index (χ1) is 10.1. The van der Waals surface area contributed by atoms with Gasteiger partial charge in [-0.2, -0.15) is 0 Å². The van der Waals surface area contributed by atoms with Gasteiger partial charge in [0.25, 0.3) is 11.8 Å². The molecule has 0 bridgehead atoms. The molecule has 0 aliphatic carbocycles. The minimum atomic E-state index is -0.619. The van der Waals surface area contributed by atoms with Crippen molar-refractivity contribution in [2.24, 2.45) is 5.84 Å². The van der Waals surface area contributed by atoms with Crippen molar-refractivity contribution in [3.05, 3.63) is 59.0 Å². The van der Waals surface area contributed by atoms with Crippen molar-refractivity contribution in [3.63, 3.8) is 0 Å². The number of amides is 3. The van der Waals surface area contributed by atoms with E-state index in [0.717, 1.165) is 4.90 Å². The van der Waals surface area contributed by atoms with Crippen molar-refractivity contribution >= 4 is 17.7 Å². The van der Waals surface area contributed by atoms with Gasteiger partial charge in [-0.25, -0.2) is 5.84 Å². The molecule has 1 aliphatic rings. The summed E-state index contributed by atoms with van der Waals surface area (Å²) in [4.78, 5) is 37.1. The fourth-order valence-electron chi connectivity index (χ4n) is 2.28. The lowest BCUT2D eigenvalue weighted by molar-refractivity contribution is 0.0639. The Balaban J connectivity index is 1.91. The van der Waals surface area contributed by atoms with Crippen molar-refractivity contribution in [1.82, 2.24) is 10.3 Å². The van der Waals surface area contributed by atoms with E-state index in [1.54, 1.807) is 24.3 Å². The van der Waals surface area contributed by atoms with Gasteiger partial charge in [-0.3, -0.25) is 24.7 Å². The fourth-order valence-corrected chi connectivity index (χ4v) is 2.28. The number of hydrogen-bond acceptors (Lipinski definition) is 5. The number of nitrogen functional groups attached to an aromatic ring is 1. The van der Waals surface area contributed by atoms with E-state index >= 15 is 0 Å². The standard InChI is InChI=1S/C14H11N3O4/c15-16-12(18)11-8(5-6-21-11)7-17-13(19)9-3-1-2-4-10(9)14(17)20/h1-6H,7,15H2,(H,16,18). The van der Waals surface area contributed by atoms with Gasteiger partial charge < -0.3 is 4.42 Å². The third kappa shape index (κ3) is 2.00. The normalized spacial score (nSPS) is 13.5. The summed E-state index contributed by atoms with van der Waals surface area (Å²) < 4.78 is 5.03. The minimum Gasteiger partial charge on any atom is -0.459 e. The number of fused-ring (bicyclic) bond motifs is 1. The molecule has 0 saturated carbocycles. The Bertz CT molecular complexity index is 715. The molecule has 0 radical (unpaired) electrons. The molecule has 0 atom stereocenters. The zero-order valence-electron chi connectivity index (χ0n) is 10.8. The number of hydrogen-bond donors (Lipinski definition) is 2. The number of benzene rings is 1. The molecule has 1 aromatic carbocycles. The summed E-state index contributed by atoms with van der Waals surface area (Å²) in [6, 6.07) is 8.10. The SMILES string of the molecule is NNC(=O)c1occc1CN1C(=O)c2ccccc2C1=O. The molecule has 0 spiro atoms. The molecule has 106 valence electrons. The maximum Gasteiger partial charge on any atom is 0.301 e. The molecule has 1 aliphatic heterocycles. The monoisotopic (exact) mass is 285 g/mol. The van der Waals surface area contributed by atoms with Crippen LogP contribution < -0.4 is 11.3 Å². The van der Waals surface area contributed by atoms with Gasteiger partial charge in [0, 0.05) is 5.56 Å². The molecule has 1 aromatic heterocycles. The Kier molecular flexibility index (Phi) is 3.03. The predicted molar refractivity (Wildman–Crippen MR) is 71.0 cm³/mol. The molecule has 0 fully saturated rings. The number of carbonyl (C=O) groups is 3. The smallest absolute Gasteiger partial charge is 0.301 e. The highest BCUT2D eigenvalue weighted by atomic mass is 16.3. The van der Waals surface area contributed by atoms with Crippen molar-refractivity contribution in [2.45, 2.75) is 6.54 Å². The Morgan fingerprint density at radius 1 is 1.14 bits per heavy atom. The van der Waals surface area contributed by atoms with Crippen LogP contribution in [0.5, 0.6) is 0 Å². The van der Waals surface area contributed by atoms with Gasteiger partial charge in [0.2, 0.25) is 0 Å². The summed E-state index contributed by atoms with van der Waals surface area (Å²) in [6.45, 7) is -0.0500. The lowest BCUT2D eigenvalue weighted by Crippen LogP contribution is -2.33. The zero-order valence-corrected chi connectivity index (χ0v) is 10.8. The van der Waals surface area contributed by atoms with Crippen LogP contribution in [0, 0.1) is 0 Å². The first kappa shape index (κ1) is 13.1. The predicted octanol–water partition coefficient (Wildman–Crippen LogP) is 0.679. The highest BCUT2D eigenvalue weighted by Gasteiger charge is 2.35. The van der Waals surface area contributed by atoms with Crippen LogP contribution in [-0.4, -0.2) is 22.6 Å². The minimum absolute atomic E-state index is 0.0194. The summed E-state index contributed by atoms with van der Waals surface area (Å²) >= 11 is 0. The van der Waals surface area contributed by atoms with Gasteiger partial charge >= 0.3 is 5.91 Å². The summed E-state index contributed by atoms with van der Waals surface area (Å²) in [5.74, 6) is 3.63. The van der Waals surface area contributed by atoms with Crippen LogP contribution in [0.25, 0.3) is 0 Å². The third-order valence-corrected chi connectivity index (χ3v) is 3.29. The van der Waals surface area contributed by atoms with E-state index in [-0.39, 0.29) is 12.3 Å². The highest BCUT2D eigenvalue weighted by molar-refractivity contribution is 6.21. The maximum atomic E-state index is 12.2. The van der Waals surface area contributed by atoms with Crippen LogP contribution in [0.4, 0.5) is 0 Å². The van der Waals surface area contributed by atoms with Crippen LogP contribution >= 0.6 is 0 Å². The molecule has 21 heavy (non-hydrogen) atoms. The largest absolute Gasteiger partial charge is 0.459 e. The quantitative estimate of drug-likeness (QED) is 0.373. The topological polar surface area (TPSA) is 106 Å². The van der Waals surface area contributed by atoms with E-state index in [1.807, 2.05) is 5.43 Å². The van der Waals surface area contributed by atoms with Gasteiger partial charge in [-0.05, 0) is 18.2 Å². The number of imide groups is 1. The maximum absolute atomic E-state index is 12.2. The summed E-state index contributed by atoms with van der Waals surface area (Å²) in [5, 5.41) is 0. The molecule has 2 heterocycles. The lowest BCUT2D eigenvalue weighted by atomic mass is 10.1. The number of nitrogens with two attached hydrogens (primary N) is 1. The number of rotatable bonds is 3. The first-order valence-electron chi connectivity index (χ1n) is 6.16. The van der Waals surface area contributed by atoms with Crippen LogP contribution in [0.1, 0.15) is 36.8 Å². The van der Waals surface area contributed by atoms with Crippen LogP contribution in [0.3, 0.4) is 0 Å². The number of nitrogens with zero attached hydrogens (tertiary/aromatic N) is 1. The van der Waals surface area contributed by atoms with Gasteiger partial charge in [0.1, 0.15) is 0 Å². The Labute approximate surface area is 119 Å². The average Bonchev–Trinajstić information content (AvgIpc) is 3.06. The van der Waals surface area contributed by atoms with Crippen LogP contribution in [-0.2, 0) is 6.54 Å². The van der Waals surface area contributed by atoms with Gasteiger partial charge in [0.05, 0.1) is 23.9 Å². The number of hydrazine groups is 1. The van der Waals surface area contributed by atoms with Crippen molar-refractivity contribution < 1.29 is 18.8 Å². The highest BCUT2D eigenvalue weighted by Crippen LogP contribution is 2.25. The van der Waals surface area contributed by atoms with E-state index in [9.17, 15) is 14.4 Å². The van der Waals surface area contributed by atoms with Crippen molar-refractivity contribution in [3.8, 4) is 0 Å². The molecule has 0 saturated heterocycles. The Hall–Kier alpha value is -2.93. The summed E-state index contributed by atoms with van der Waals surface area (Å²) in [5.41, 5.74) is 3.08. The van der Waals surface area contributed by atoms with E-state index in [0.29, 0.717) is 16.7 Å². The molecule has 7 heteroatoms. The lowest BCUT2D eigenvalue weighted by Gasteiger charge is -2.13. The van der Waals surface area contributed by atoms with Crippen LogP contribution in [0.2, 0.25) is 0 Å².